The molecule has 8 heteroatoms. The van der Waals surface area contributed by atoms with E-state index in [-0.39, 0.29) is 12.7 Å². The minimum Gasteiger partial charge on any atom is -0.491 e. The number of carbonyl (C=O) groups excluding carboxylic acids is 2. The second-order valence-corrected chi connectivity index (χ2v) is 7.79. The van der Waals surface area contributed by atoms with Crippen LogP contribution in [0.3, 0.4) is 0 Å². The highest BCUT2D eigenvalue weighted by atomic mass is 79.9. The number of halogens is 2. The van der Waals surface area contributed by atoms with Crippen molar-refractivity contribution in [2.24, 2.45) is 0 Å². The van der Waals surface area contributed by atoms with Crippen molar-refractivity contribution < 1.29 is 19.1 Å². The number of rotatable bonds is 6. The number of aryl methyl sites for hydroxylation is 1. The van der Waals surface area contributed by atoms with E-state index in [2.05, 4.69) is 42.7 Å². The number of hydrogen-bond donors (Lipinski definition) is 2. The molecule has 27 heavy (non-hydrogen) atoms. The highest BCUT2D eigenvalue weighted by molar-refractivity contribution is 9.11. The van der Waals surface area contributed by atoms with Gasteiger partial charge in [-0.25, -0.2) is 0 Å². The van der Waals surface area contributed by atoms with E-state index in [1.54, 1.807) is 24.3 Å². The van der Waals surface area contributed by atoms with Gasteiger partial charge in [0.05, 0.1) is 10.6 Å². The van der Waals surface area contributed by atoms with Crippen LogP contribution < -0.4 is 20.3 Å². The summed E-state index contributed by atoms with van der Waals surface area (Å²) in [5.74, 6) is 0.229. The van der Waals surface area contributed by atoms with Crippen molar-refractivity contribution in [2.45, 2.75) is 26.9 Å². The van der Waals surface area contributed by atoms with Crippen LogP contribution in [0.15, 0.2) is 45.3 Å². The van der Waals surface area contributed by atoms with Gasteiger partial charge in [-0.2, -0.15) is 0 Å². The first kappa shape index (κ1) is 21.2. The molecule has 0 saturated carbocycles. The average molecular weight is 500 g/mol. The molecular formula is C19H20Br2N2O4. The molecule has 0 radical (unpaired) electrons. The Hall–Kier alpha value is -2.06. The molecule has 0 aliphatic carbocycles. The van der Waals surface area contributed by atoms with Crippen LogP contribution in [0, 0.1) is 6.92 Å². The molecule has 2 rings (SSSR count). The Labute approximate surface area is 174 Å². The van der Waals surface area contributed by atoms with Crippen LogP contribution in [-0.2, 0) is 4.79 Å². The molecule has 0 heterocycles. The maximum atomic E-state index is 12.2. The quantitative estimate of drug-likeness (QED) is 0.585. The molecule has 0 aliphatic heterocycles. The maximum absolute atomic E-state index is 12.2. The Bertz CT molecular complexity index is 817. The van der Waals surface area contributed by atoms with Gasteiger partial charge in [0, 0.05) is 10.0 Å². The van der Waals surface area contributed by atoms with Crippen molar-refractivity contribution in [1.29, 1.82) is 0 Å². The second kappa shape index (κ2) is 9.75. The van der Waals surface area contributed by atoms with E-state index in [0.717, 1.165) is 14.5 Å². The molecule has 2 aromatic carbocycles. The Balaban J connectivity index is 1.88. The topological polar surface area (TPSA) is 76.7 Å². The third kappa shape index (κ3) is 6.55. The van der Waals surface area contributed by atoms with Crippen molar-refractivity contribution in [3.8, 4) is 11.5 Å². The standard InChI is InChI=1S/C19H20Br2N2O4/c1-11(2)27-15-6-4-5-13(8-15)19(25)23-22-17(24)10-26-18-12(3)7-14(20)9-16(18)21/h4-9,11H,10H2,1-3H3,(H,22,24)(H,23,25). The van der Waals surface area contributed by atoms with Gasteiger partial charge in [-0.1, -0.05) is 22.0 Å². The number of amides is 2. The zero-order chi connectivity index (χ0) is 20.0. The Morgan fingerprint density at radius 2 is 1.85 bits per heavy atom. The number of benzene rings is 2. The fraction of sp³-hybridized carbons (Fsp3) is 0.263. The van der Waals surface area contributed by atoms with Crippen molar-refractivity contribution >= 4 is 43.7 Å². The number of carbonyl (C=O) groups is 2. The third-order valence-corrected chi connectivity index (χ3v) is 4.37. The van der Waals surface area contributed by atoms with Gasteiger partial charge in [-0.15, -0.1) is 0 Å². The number of hydrogen-bond acceptors (Lipinski definition) is 4. The van der Waals surface area contributed by atoms with Crippen LogP contribution in [0.25, 0.3) is 0 Å². The van der Waals surface area contributed by atoms with Gasteiger partial charge >= 0.3 is 0 Å². The summed E-state index contributed by atoms with van der Waals surface area (Å²) < 4.78 is 12.7. The highest BCUT2D eigenvalue weighted by Crippen LogP contribution is 2.32. The minimum absolute atomic E-state index is 0.00144. The van der Waals surface area contributed by atoms with Gasteiger partial charge in [-0.3, -0.25) is 20.4 Å². The van der Waals surface area contributed by atoms with E-state index in [1.807, 2.05) is 32.9 Å². The fourth-order valence-electron chi connectivity index (χ4n) is 2.23. The van der Waals surface area contributed by atoms with Crippen LogP contribution in [0.5, 0.6) is 11.5 Å². The van der Waals surface area contributed by atoms with Crippen molar-refractivity contribution in [2.75, 3.05) is 6.61 Å². The van der Waals surface area contributed by atoms with E-state index in [4.69, 9.17) is 9.47 Å². The average Bonchev–Trinajstić information content (AvgIpc) is 2.58. The van der Waals surface area contributed by atoms with Gasteiger partial charge in [-0.05, 0) is 72.6 Å². The van der Waals surface area contributed by atoms with E-state index in [1.165, 1.54) is 0 Å². The molecule has 2 aromatic rings. The van der Waals surface area contributed by atoms with Crippen molar-refractivity contribution in [1.82, 2.24) is 10.9 Å². The largest absolute Gasteiger partial charge is 0.491 e. The normalized spacial score (nSPS) is 10.4. The molecule has 0 aromatic heterocycles. The van der Waals surface area contributed by atoms with E-state index in [0.29, 0.717) is 17.1 Å². The zero-order valence-corrected chi connectivity index (χ0v) is 18.3. The van der Waals surface area contributed by atoms with Gasteiger partial charge in [0.15, 0.2) is 6.61 Å². The van der Waals surface area contributed by atoms with Crippen LogP contribution in [0.4, 0.5) is 0 Å². The molecule has 6 nitrogen and oxygen atoms in total. The lowest BCUT2D eigenvalue weighted by Crippen LogP contribution is -2.43. The molecule has 2 amide bonds. The summed E-state index contributed by atoms with van der Waals surface area (Å²) in [5, 5.41) is 0. The first-order valence-electron chi connectivity index (χ1n) is 8.20. The summed E-state index contributed by atoms with van der Waals surface area (Å²) in [5.41, 5.74) is 5.94. The first-order valence-corrected chi connectivity index (χ1v) is 9.79. The van der Waals surface area contributed by atoms with Gasteiger partial charge in [0.25, 0.3) is 11.8 Å². The van der Waals surface area contributed by atoms with Gasteiger partial charge < -0.3 is 9.47 Å². The maximum Gasteiger partial charge on any atom is 0.276 e. The monoisotopic (exact) mass is 498 g/mol. The predicted octanol–water partition coefficient (Wildman–Crippen LogP) is 4.15. The summed E-state index contributed by atoms with van der Waals surface area (Å²) in [6.07, 6.45) is 0.00144. The van der Waals surface area contributed by atoms with E-state index >= 15 is 0 Å². The highest BCUT2D eigenvalue weighted by Gasteiger charge is 2.12. The molecule has 0 saturated heterocycles. The molecule has 0 fully saturated rings. The molecule has 144 valence electrons. The van der Waals surface area contributed by atoms with Crippen LogP contribution in [-0.4, -0.2) is 24.5 Å². The molecule has 0 unspecified atom stereocenters. The second-order valence-electron chi connectivity index (χ2n) is 6.02. The van der Waals surface area contributed by atoms with Crippen LogP contribution in [0.2, 0.25) is 0 Å². The van der Waals surface area contributed by atoms with Gasteiger partial charge in [0.2, 0.25) is 0 Å². The Morgan fingerprint density at radius 1 is 1.11 bits per heavy atom. The number of ether oxygens (including phenoxy) is 2. The lowest BCUT2D eigenvalue weighted by Gasteiger charge is -2.13. The summed E-state index contributed by atoms with van der Waals surface area (Å²) >= 11 is 6.78. The smallest absolute Gasteiger partial charge is 0.276 e. The van der Waals surface area contributed by atoms with Crippen LogP contribution in [0.1, 0.15) is 29.8 Å². The molecule has 0 spiro atoms. The van der Waals surface area contributed by atoms with Gasteiger partial charge in [0.1, 0.15) is 11.5 Å². The Kier molecular flexibility index (Phi) is 7.67. The number of hydrazine groups is 1. The Morgan fingerprint density at radius 3 is 2.52 bits per heavy atom. The zero-order valence-electron chi connectivity index (χ0n) is 15.1. The molecule has 0 aliphatic rings. The predicted molar refractivity (Wildman–Crippen MR) is 110 cm³/mol. The summed E-state index contributed by atoms with van der Waals surface area (Å²) in [4.78, 5) is 24.1. The molecular weight excluding hydrogens is 480 g/mol. The lowest BCUT2D eigenvalue weighted by atomic mass is 10.2. The summed E-state index contributed by atoms with van der Waals surface area (Å²) in [6, 6.07) is 10.4. The fourth-order valence-corrected chi connectivity index (χ4v) is 3.78. The molecule has 2 N–H and O–H groups in total. The first-order chi connectivity index (χ1) is 12.8. The summed E-state index contributed by atoms with van der Waals surface area (Å²) in [6.45, 7) is 5.44. The molecule has 0 bridgehead atoms. The van der Waals surface area contributed by atoms with Crippen molar-refractivity contribution in [3.05, 3.63) is 56.5 Å². The summed E-state index contributed by atoms with van der Waals surface area (Å²) in [7, 11) is 0. The SMILES string of the molecule is Cc1cc(Br)cc(Br)c1OCC(=O)NNC(=O)c1cccc(OC(C)C)c1. The van der Waals surface area contributed by atoms with E-state index < -0.39 is 11.8 Å². The molecule has 0 atom stereocenters. The number of nitrogens with one attached hydrogen (secondary N) is 2. The minimum atomic E-state index is -0.479. The van der Waals surface area contributed by atoms with Crippen molar-refractivity contribution in [3.63, 3.8) is 0 Å². The van der Waals surface area contributed by atoms with Crippen LogP contribution >= 0.6 is 31.9 Å². The lowest BCUT2D eigenvalue weighted by molar-refractivity contribution is -0.123. The third-order valence-electron chi connectivity index (χ3n) is 3.33. The van der Waals surface area contributed by atoms with E-state index in [9.17, 15) is 9.59 Å².